The summed E-state index contributed by atoms with van der Waals surface area (Å²) >= 11 is 0. The Morgan fingerprint density at radius 1 is 1.25 bits per heavy atom. The minimum Gasteiger partial charge on any atom is -0.376 e. The minimum atomic E-state index is -1.20. The highest BCUT2D eigenvalue weighted by Crippen LogP contribution is 2.28. The van der Waals surface area contributed by atoms with E-state index in [4.69, 9.17) is 0 Å². The van der Waals surface area contributed by atoms with Crippen LogP contribution < -0.4 is 5.32 Å². The van der Waals surface area contributed by atoms with Gasteiger partial charge in [-0.05, 0) is 32.0 Å². The van der Waals surface area contributed by atoms with E-state index in [9.17, 15) is 18.9 Å². The van der Waals surface area contributed by atoms with Crippen molar-refractivity contribution in [2.45, 2.75) is 19.3 Å². The van der Waals surface area contributed by atoms with E-state index in [0.29, 0.717) is 13.1 Å². The highest BCUT2D eigenvalue weighted by molar-refractivity contribution is 5.62. The number of nitro groups is 1. The normalized spacial score (nSPS) is 16.1. The first kappa shape index (κ1) is 14.6. The fourth-order valence-electron chi connectivity index (χ4n) is 2.38. The van der Waals surface area contributed by atoms with E-state index in [-0.39, 0.29) is 5.69 Å². The molecular weight excluding hydrogens is 268 g/mol. The van der Waals surface area contributed by atoms with E-state index >= 15 is 0 Å². The second-order valence-corrected chi connectivity index (χ2v) is 4.84. The predicted octanol–water partition coefficient (Wildman–Crippen LogP) is 2.77. The third-order valence-electron chi connectivity index (χ3n) is 3.45. The van der Waals surface area contributed by atoms with Crippen LogP contribution in [0.15, 0.2) is 12.1 Å². The van der Waals surface area contributed by atoms with Gasteiger partial charge in [-0.15, -0.1) is 0 Å². The first-order chi connectivity index (χ1) is 9.59. The summed E-state index contributed by atoms with van der Waals surface area (Å²) < 4.78 is 26.8. The van der Waals surface area contributed by atoms with Crippen LogP contribution in [0.3, 0.4) is 0 Å². The zero-order valence-corrected chi connectivity index (χ0v) is 11.1. The van der Waals surface area contributed by atoms with Gasteiger partial charge in [0.25, 0.3) is 5.69 Å². The second kappa shape index (κ2) is 6.60. The molecule has 0 atom stereocenters. The first-order valence-corrected chi connectivity index (χ1v) is 6.68. The van der Waals surface area contributed by atoms with Crippen LogP contribution >= 0.6 is 0 Å². The number of halogens is 2. The number of nitro benzene ring substituents is 1. The lowest BCUT2D eigenvalue weighted by atomic mass is 10.1. The number of likely N-dealkylation sites (tertiary alicyclic amines) is 1. The third kappa shape index (κ3) is 3.41. The number of hydrogen-bond acceptors (Lipinski definition) is 4. The van der Waals surface area contributed by atoms with Crippen molar-refractivity contribution >= 4 is 11.4 Å². The molecule has 1 saturated heterocycles. The molecule has 0 radical (unpaired) electrons. The summed E-state index contributed by atoms with van der Waals surface area (Å²) in [7, 11) is 0. The fraction of sp³-hybridized carbons (Fsp3) is 0.538. The lowest BCUT2D eigenvalue weighted by Crippen LogP contribution is -2.33. The Morgan fingerprint density at radius 3 is 2.60 bits per heavy atom. The van der Waals surface area contributed by atoms with Gasteiger partial charge in [0.2, 0.25) is 0 Å². The van der Waals surface area contributed by atoms with Gasteiger partial charge >= 0.3 is 0 Å². The van der Waals surface area contributed by atoms with Gasteiger partial charge in [-0.3, -0.25) is 10.1 Å². The monoisotopic (exact) mass is 285 g/mol. The quantitative estimate of drug-likeness (QED) is 0.667. The molecule has 20 heavy (non-hydrogen) atoms. The molecule has 1 aromatic rings. The van der Waals surface area contributed by atoms with Gasteiger partial charge < -0.3 is 10.2 Å². The van der Waals surface area contributed by atoms with Crippen LogP contribution in [-0.4, -0.2) is 36.0 Å². The molecule has 1 N–H and O–H groups in total. The Balaban J connectivity index is 2.00. The molecule has 2 rings (SSSR count). The van der Waals surface area contributed by atoms with Crippen LogP contribution in [0.5, 0.6) is 0 Å². The average Bonchev–Trinajstić information content (AvgIpc) is 2.44. The predicted molar refractivity (Wildman–Crippen MR) is 71.8 cm³/mol. The largest absolute Gasteiger partial charge is 0.376 e. The van der Waals surface area contributed by atoms with Crippen molar-refractivity contribution in [3.8, 4) is 0 Å². The van der Waals surface area contributed by atoms with Crippen LogP contribution in [0.4, 0.5) is 20.2 Å². The Labute approximate surface area is 115 Å². The van der Waals surface area contributed by atoms with Gasteiger partial charge in [-0.2, -0.15) is 0 Å². The summed E-state index contributed by atoms with van der Waals surface area (Å²) in [5.41, 5.74) is -0.811. The molecule has 0 aliphatic carbocycles. The van der Waals surface area contributed by atoms with Crippen LogP contribution in [0.1, 0.15) is 19.3 Å². The highest BCUT2D eigenvalue weighted by atomic mass is 19.2. The molecule has 0 unspecified atom stereocenters. The zero-order valence-electron chi connectivity index (χ0n) is 11.1. The number of nitrogens with one attached hydrogen (secondary N) is 1. The van der Waals surface area contributed by atoms with E-state index in [1.165, 1.54) is 6.42 Å². The number of benzene rings is 1. The summed E-state index contributed by atoms with van der Waals surface area (Å²) in [4.78, 5) is 12.3. The maximum absolute atomic E-state index is 13.6. The molecular formula is C13H17F2N3O2. The standard InChI is InChI=1S/C13H17F2N3O2/c14-10-4-5-11(18(19)20)13(12(10)15)16-6-9-17-7-2-1-3-8-17/h4-5,16H,1-3,6-9H2. The number of rotatable bonds is 5. The van der Waals surface area contributed by atoms with Crippen LogP contribution in [0.2, 0.25) is 0 Å². The van der Waals surface area contributed by atoms with Crippen molar-refractivity contribution < 1.29 is 13.7 Å². The van der Waals surface area contributed by atoms with Gasteiger partial charge in [0.15, 0.2) is 17.3 Å². The number of piperidine rings is 1. The molecule has 1 heterocycles. The van der Waals surface area contributed by atoms with Crippen molar-refractivity contribution in [3.63, 3.8) is 0 Å². The van der Waals surface area contributed by atoms with Gasteiger partial charge in [0, 0.05) is 19.2 Å². The van der Waals surface area contributed by atoms with Crippen molar-refractivity contribution in [2.24, 2.45) is 0 Å². The summed E-state index contributed by atoms with van der Waals surface area (Å²) in [6.07, 6.45) is 3.48. The number of hydrogen-bond donors (Lipinski definition) is 1. The van der Waals surface area contributed by atoms with E-state index < -0.39 is 22.2 Å². The smallest absolute Gasteiger partial charge is 0.295 e. The molecule has 0 bridgehead atoms. The molecule has 0 spiro atoms. The number of anilines is 1. The van der Waals surface area contributed by atoms with Crippen LogP contribution in [-0.2, 0) is 0 Å². The molecule has 110 valence electrons. The van der Waals surface area contributed by atoms with E-state index in [2.05, 4.69) is 10.2 Å². The molecule has 5 nitrogen and oxygen atoms in total. The third-order valence-corrected chi connectivity index (χ3v) is 3.45. The van der Waals surface area contributed by atoms with Gasteiger partial charge in [0.05, 0.1) is 4.92 Å². The minimum absolute atomic E-state index is 0.348. The summed E-state index contributed by atoms with van der Waals surface area (Å²) in [6, 6.07) is 1.74. The Morgan fingerprint density at radius 2 is 1.95 bits per heavy atom. The van der Waals surface area contributed by atoms with Gasteiger partial charge in [-0.25, -0.2) is 8.78 Å². The molecule has 1 fully saturated rings. The van der Waals surface area contributed by atoms with Gasteiger partial charge in [0.1, 0.15) is 0 Å². The fourth-order valence-corrected chi connectivity index (χ4v) is 2.38. The molecule has 1 aliphatic heterocycles. The summed E-state index contributed by atoms with van der Waals surface area (Å²) in [5.74, 6) is -2.28. The van der Waals surface area contributed by atoms with Crippen molar-refractivity contribution in [1.29, 1.82) is 0 Å². The SMILES string of the molecule is O=[N+]([O-])c1ccc(F)c(F)c1NCCN1CCCCC1. The number of nitrogens with zero attached hydrogens (tertiary/aromatic N) is 2. The van der Waals surface area contributed by atoms with Crippen molar-refractivity contribution in [3.05, 3.63) is 33.9 Å². The van der Waals surface area contributed by atoms with Crippen LogP contribution in [0.25, 0.3) is 0 Å². The van der Waals surface area contributed by atoms with E-state index in [1.807, 2.05) is 0 Å². The molecule has 1 aliphatic rings. The topological polar surface area (TPSA) is 58.4 Å². The first-order valence-electron chi connectivity index (χ1n) is 6.68. The van der Waals surface area contributed by atoms with Crippen molar-refractivity contribution in [1.82, 2.24) is 4.90 Å². The Kier molecular flexibility index (Phi) is 4.84. The maximum atomic E-state index is 13.6. The molecule has 0 amide bonds. The van der Waals surface area contributed by atoms with Gasteiger partial charge in [-0.1, -0.05) is 6.42 Å². The lowest BCUT2D eigenvalue weighted by molar-refractivity contribution is -0.384. The zero-order chi connectivity index (χ0) is 14.5. The Bertz CT molecular complexity index is 491. The highest BCUT2D eigenvalue weighted by Gasteiger charge is 2.21. The van der Waals surface area contributed by atoms with Crippen molar-refractivity contribution in [2.75, 3.05) is 31.5 Å². The Hall–Kier alpha value is -1.76. The van der Waals surface area contributed by atoms with E-state index in [0.717, 1.165) is 38.1 Å². The molecule has 0 saturated carbocycles. The lowest BCUT2D eigenvalue weighted by Gasteiger charge is -2.26. The molecule has 1 aromatic carbocycles. The van der Waals surface area contributed by atoms with Crippen LogP contribution in [0, 0.1) is 21.7 Å². The molecule has 7 heteroatoms. The summed E-state index contributed by atoms with van der Waals surface area (Å²) in [5, 5.41) is 13.5. The summed E-state index contributed by atoms with van der Waals surface area (Å²) in [6.45, 7) is 2.97. The maximum Gasteiger partial charge on any atom is 0.295 e. The second-order valence-electron chi connectivity index (χ2n) is 4.84. The van der Waals surface area contributed by atoms with E-state index in [1.54, 1.807) is 0 Å². The molecule has 0 aromatic heterocycles. The average molecular weight is 285 g/mol.